The molecule has 0 spiro atoms. The molecule has 0 atom stereocenters. The molecule has 27 heavy (non-hydrogen) atoms. The van der Waals surface area contributed by atoms with Gasteiger partial charge in [-0.2, -0.15) is 10.1 Å². The Hall–Kier alpha value is -2.63. The number of phenols is 1. The van der Waals surface area contributed by atoms with Gasteiger partial charge in [0, 0.05) is 23.4 Å². The fraction of sp³-hybridized carbons (Fsp3) is 0.476. The van der Waals surface area contributed by atoms with E-state index in [4.69, 9.17) is 9.62 Å². The molecule has 4 rings (SSSR count). The zero-order chi connectivity index (χ0) is 19.3. The normalized spacial score (nSPS) is 15.7. The van der Waals surface area contributed by atoms with Crippen molar-refractivity contribution in [3.05, 3.63) is 34.5 Å². The number of nitrogens with zero attached hydrogens (tertiary/aromatic N) is 4. The van der Waals surface area contributed by atoms with Gasteiger partial charge in [-0.05, 0) is 68.7 Å². The van der Waals surface area contributed by atoms with Crippen LogP contribution in [0.2, 0.25) is 0 Å². The number of hydrogen-bond donors (Lipinski definition) is 1. The highest BCUT2D eigenvalue weighted by Crippen LogP contribution is 2.39. The number of phenolic OH excluding ortho intramolecular Hbond substituents is 1. The lowest BCUT2D eigenvalue weighted by molar-refractivity contribution is 0.305. The molecule has 142 valence electrons. The van der Waals surface area contributed by atoms with E-state index in [2.05, 4.69) is 35.6 Å². The summed E-state index contributed by atoms with van der Waals surface area (Å²) in [5.74, 6) is 1.29. The third-order valence-electron chi connectivity index (χ3n) is 5.54. The van der Waals surface area contributed by atoms with Crippen molar-refractivity contribution in [2.24, 2.45) is 5.41 Å². The lowest BCUT2D eigenvalue weighted by Crippen LogP contribution is -2.24. The third kappa shape index (κ3) is 3.03. The Bertz CT molecular complexity index is 990. The van der Waals surface area contributed by atoms with Crippen molar-refractivity contribution >= 4 is 0 Å². The second-order valence-electron chi connectivity index (χ2n) is 8.31. The minimum absolute atomic E-state index is 0.292. The van der Waals surface area contributed by atoms with Crippen LogP contribution < -0.4 is 0 Å². The predicted octanol–water partition coefficient (Wildman–Crippen LogP) is 4.46. The fourth-order valence-electron chi connectivity index (χ4n) is 3.96. The van der Waals surface area contributed by atoms with Gasteiger partial charge in [-0.3, -0.25) is 4.68 Å². The van der Waals surface area contributed by atoms with E-state index in [1.807, 2.05) is 26.0 Å². The van der Waals surface area contributed by atoms with Crippen LogP contribution in [0.25, 0.3) is 23.0 Å². The van der Waals surface area contributed by atoms with Crippen LogP contribution in [0.1, 0.15) is 49.6 Å². The zero-order valence-electron chi connectivity index (χ0n) is 16.6. The molecule has 0 bridgehead atoms. The predicted molar refractivity (Wildman–Crippen MR) is 104 cm³/mol. The van der Waals surface area contributed by atoms with Crippen LogP contribution in [0.15, 0.2) is 16.7 Å². The van der Waals surface area contributed by atoms with Crippen LogP contribution in [0, 0.1) is 19.3 Å². The second-order valence-corrected chi connectivity index (χ2v) is 8.31. The molecule has 1 aliphatic rings. The van der Waals surface area contributed by atoms with Gasteiger partial charge in [0.1, 0.15) is 11.4 Å². The maximum Gasteiger partial charge on any atom is 0.258 e. The van der Waals surface area contributed by atoms with E-state index in [1.54, 1.807) is 0 Å². The van der Waals surface area contributed by atoms with E-state index in [1.165, 1.54) is 11.3 Å². The van der Waals surface area contributed by atoms with Crippen molar-refractivity contribution in [2.45, 2.75) is 60.4 Å². The molecule has 2 heterocycles. The van der Waals surface area contributed by atoms with Crippen molar-refractivity contribution in [1.29, 1.82) is 0 Å². The summed E-state index contributed by atoms with van der Waals surface area (Å²) in [7, 11) is 0. The van der Waals surface area contributed by atoms with Crippen molar-refractivity contribution < 1.29 is 9.63 Å². The molecule has 6 nitrogen and oxygen atoms in total. The average molecular weight is 366 g/mol. The van der Waals surface area contributed by atoms with Gasteiger partial charge in [0.25, 0.3) is 5.89 Å². The quantitative estimate of drug-likeness (QED) is 0.741. The van der Waals surface area contributed by atoms with Gasteiger partial charge in [0.05, 0.1) is 0 Å². The summed E-state index contributed by atoms with van der Waals surface area (Å²) in [5, 5.41) is 19.0. The molecule has 1 aromatic carbocycles. The number of rotatable bonds is 3. The summed E-state index contributed by atoms with van der Waals surface area (Å²) in [4.78, 5) is 4.62. The minimum atomic E-state index is 0.292. The van der Waals surface area contributed by atoms with Crippen molar-refractivity contribution in [3.63, 3.8) is 0 Å². The summed E-state index contributed by atoms with van der Waals surface area (Å²) >= 11 is 0. The van der Waals surface area contributed by atoms with E-state index in [9.17, 15) is 5.11 Å². The standard InChI is InChI=1S/C21H26N4O2/c1-6-25-16-11-21(4,5)8-7-15(16)17(23-25)19-22-20(27-24-19)14-9-12(2)18(26)13(3)10-14/h9-10,26H,6-8,11H2,1-5H3. The number of fused-ring (bicyclic) bond motifs is 1. The van der Waals surface area contributed by atoms with E-state index in [0.29, 0.717) is 22.9 Å². The monoisotopic (exact) mass is 366 g/mol. The highest BCUT2D eigenvalue weighted by molar-refractivity contribution is 5.63. The smallest absolute Gasteiger partial charge is 0.258 e. The molecule has 0 amide bonds. The molecule has 0 unspecified atom stereocenters. The van der Waals surface area contributed by atoms with Crippen LogP contribution in [0.3, 0.4) is 0 Å². The van der Waals surface area contributed by atoms with E-state index < -0.39 is 0 Å². The van der Waals surface area contributed by atoms with E-state index >= 15 is 0 Å². The number of aryl methyl sites for hydroxylation is 3. The van der Waals surface area contributed by atoms with Crippen LogP contribution >= 0.6 is 0 Å². The first-order valence-corrected chi connectivity index (χ1v) is 9.52. The average Bonchev–Trinajstić information content (AvgIpc) is 3.22. The summed E-state index contributed by atoms with van der Waals surface area (Å²) in [6.07, 6.45) is 3.13. The van der Waals surface area contributed by atoms with Gasteiger partial charge in [0.15, 0.2) is 0 Å². The molecule has 1 N–H and O–H groups in total. The summed E-state index contributed by atoms with van der Waals surface area (Å²) in [6, 6.07) is 3.73. The molecule has 0 fully saturated rings. The second kappa shape index (κ2) is 6.22. The zero-order valence-corrected chi connectivity index (χ0v) is 16.6. The topological polar surface area (TPSA) is 77.0 Å². The number of aromatic nitrogens is 4. The first kappa shape index (κ1) is 17.8. The van der Waals surface area contributed by atoms with Crippen molar-refractivity contribution in [2.75, 3.05) is 0 Å². The molecular weight excluding hydrogens is 340 g/mol. The first-order chi connectivity index (χ1) is 12.8. The maximum atomic E-state index is 9.99. The highest BCUT2D eigenvalue weighted by atomic mass is 16.5. The molecular formula is C21H26N4O2. The molecule has 3 aromatic rings. The lowest BCUT2D eigenvalue weighted by atomic mass is 9.76. The number of benzene rings is 1. The Morgan fingerprint density at radius 2 is 1.93 bits per heavy atom. The van der Waals surface area contributed by atoms with Crippen LogP contribution in [0.4, 0.5) is 0 Å². The largest absolute Gasteiger partial charge is 0.507 e. The lowest BCUT2D eigenvalue weighted by Gasteiger charge is -2.30. The van der Waals surface area contributed by atoms with Gasteiger partial charge >= 0.3 is 0 Å². The van der Waals surface area contributed by atoms with Gasteiger partial charge in [0.2, 0.25) is 5.82 Å². The first-order valence-electron chi connectivity index (χ1n) is 9.52. The maximum absolute atomic E-state index is 9.99. The fourth-order valence-corrected chi connectivity index (χ4v) is 3.96. The van der Waals surface area contributed by atoms with Gasteiger partial charge < -0.3 is 9.63 Å². The minimum Gasteiger partial charge on any atom is -0.507 e. The number of aromatic hydroxyl groups is 1. The highest BCUT2D eigenvalue weighted by Gasteiger charge is 2.32. The van der Waals surface area contributed by atoms with E-state index in [-0.39, 0.29) is 0 Å². The molecule has 0 saturated carbocycles. The van der Waals surface area contributed by atoms with Crippen LogP contribution in [0.5, 0.6) is 5.75 Å². The summed E-state index contributed by atoms with van der Waals surface area (Å²) in [6.45, 7) is 11.3. The van der Waals surface area contributed by atoms with Gasteiger partial charge in [-0.25, -0.2) is 0 Å². The van der Waals surface area contributed by atoms with Gasteiger partial charge in [-0.15, -0.1) is 0 Å². The molecule has 0 aliphatic heterocycles. The Morgan fingerprint density at radius 3 is 2.59 bits per heavy atom. The number of hydrogen-bond acceptors (Lipinski definition) is 5. The Kier molecular flexibility index (Phi) is 4.09. The van der Waals surface area contributed by atoms with Crippen molar-refractivity contribution in [1.82, 2.24) is 19.9 Å². The molecule has 0 saturated heterocycles. The van der Waals surface area contributed by atoms with Gasteiger partial charge in [-0.1, -0.05) is 19.0 Å². The Labute approximate surface area is 159 Å². The molecule has 0 radical (unpaired) electrons. The van der Waals surface area contributed by atoms with E-state index in [0.717, 1.165) is 48.2 Å². The van der Waals surface area contributed by atoms with Crippen molar-refractivity contribution in [3.8, 4) is 28.7 Å². The summed E-state index contributed by atoms with van der Waals surface area (Å²) in [5.41, 5.74) is 6.07. The van der Waals surface area contributed by atoms with Crippen LogP contribution in [-0.4, -0.2) is 25.0 Å². The molecule has 2 aromatic heterocycles. The SMILES string of the molecule is CCn1nc(-c2noc(-c3cc(C)c(O)c(C)c3)n2)c2c1CC(C)(C)CC2. The molecule has 6 heteroatoms. The summed E-state index contributed by atoms with van der Waals surface area (Å²) < 4.78 is 7.62. The molecule has 1 aliphatic carbocycles. The Balaban J connectivity index is 1.76. The third-order valence-corrected chi connectivity index (χ3v) is 5.54. The van der Waals surface area contributed by atoms with Crippen LogP contribution in [-0.2, 0) is 19.4 Å². The Morgan fingerprint density at radius 1 is 1.22 bits per heavy atom.